The maximum atomic E-state index is 13.9. The smallest absolute Gasteiger partial charge is 0.131 e. The van der Waals surface area contributed by atoms with Crippen LogP contribution in [0.4, 0.5) is 8.78 Å². The van der Waals surface area contributed by atoms with Crippen molar-refractivity contribution in [2.45, 2.75) is 19.4 Å². The normalized spacial score (nSPS) is 14.2. The van der Waals surface area contributed by atoms with Gasteiger partial charge in [-0.3, -0.25) is 0 Å². The van der Waals surface area contributed by atoms with E-state index in [1.807, 2.05) is 0 Å². The molecule has 0 bridgehead atoms. The summed E-state index contributed by atoms with van der Waals surface area (Å²) >= 11 is 5.68. The first-order valence-corrected chi connectivity index (χ1v) is 6.14. The lowest BCUT2D eigenvalue weighted by atomic mass is 9.87. The molecule has 1 atom stereocenters. The number of hydrogen-bond donors (Lipinski definition) is 1. The Bertz CT molecular complexity index is 624. The van der Waals surface area contributed by atoms with E-state index in [1.165, 1.54) is 25.1 Å². The summed E-state index contributed by atoms with van der Waals surface area (Å²) in [6.45, 7) is 3.04. The predicted octanol–water partition coefficient (Wildman–Crippen LogP) is 4.18. The molecule has 2 aromatic rings. The van der Waals surface area contributed by atoms with Gasteiger partial charge in [0.2, 0.25) is 0 Å². The first kappa shape index (κ1) is 14.0. The van der Waals surface area contributed by atoms with Gasteiger partial charge in [0.15, 0.2) is 0 Å². The van der Waals surface area contributed by atoms with Crippen molar-refractivity contribution in [1.82, 2.24) is 0 Å². The molecule has 0 aliphatic carbocycles. The minimum Gasteiger partial charge on any atom is -0.381 e. The molecule has 19 heavy (non-hydrogen) atoms. The zero-order valence-corrected chi connectivity index (χ0v) is 11.3. The van der Waals surface area contributed by atoms with Crippen molar-refractivity contribution >= 4 is 11.6 Å². The molecule has 0 heterocycles. The summed E-state index contributed by atoms with van der Waals surface area (Å²) in [5, 5.41) is 10.7. The predicted molar refractivity (Wildman–Crippen MR) is 71.2 cm³/mol. The molecule has 4 heteroatoms. The second-order valence-electron chi connectivity index (χ2n) is 4.66. The van der Waals surface area contributed by atoms with Crippen LogP contribution in [0.15, 0.2) is 36.4 Å². The van der Waals surface area contributed by atoms with Gasteiger partial charge in [-0.25, -0.2) is 8.78 Å². The Morgan fingerprint density at radius 3 is 2.32 bits per heavy atom. The monoisotopic (exact) mass is 282 g/mol. The fourth-order valence-electron chi connectivity index (χ4n) is 1.94. The number of aryl methyl sites for hydroxylation is 1. The fourth-order valence-corrected chi connectivity index (χ4v) is 2.09. The summed E-state index contributed by atoms with van der Waals surface area (Å²) in [5.74, 6) is -1.06. The van der Waals surface area contributed by atoms with Gasteiger partial charge in [-0.1, -0.05) is 29.8 Å². The molecule has 1 nitrogen and oxygen atoms in total. The standard InChI is InChI=1S/C15H13ClF2O/c1-9-3-4-10(7-13(9)17)15(2,19)12-6-5-11(16)8-14(12)18/h3-8,19H,1-2H3. The van der Waals surface area contributed by atoms with Crippen LogP contribution in [-0.2, 0) is 5.60 Å². The number of rotatable bonds is 2. The van der Waals surface area contributed by atoms with Gasteiger partial charge in [0.05, 0.1) is 0 Å². The molecule has 0 aromatic heterocycles. The van der Waals surface area contributed by atoms with Gasteiger partial charge in [-0.2, -0.15) is 0 Å². The molecule has 2 rings (SSSR count). The van der Waals surface area contributed by atoms with Crippen LogP contribution in [0.25, 0.3) is 0 Å². The van der Waals surface area contributed by atoms with E-state index in [2.05, 4.69) is 0 Å². The van der Waals surface area contributed by atoms with Crippen molar-refractivity contribution in [3.8, 4) is 0 Å². The summed E-state index contributed by atoms with van der Waals surface area (Å²) in [6.07, 6.45) is 0. The number of aliphatic hydroxyl groups is 1. The Morgan fingerprint density at radius 1 is 1.05 bits per heavy atom. The average Bonchev–Trinajstić information content (AvgIpc) is 2.32. The highest BCUT2D eigenvalue weighted by molar-refractivity contribution is 6.30. The van der Waals surface area contributed by atoms with E-state index in [-0.39, 0.29) is 16.1 Å². The summed E-state index contributed by atoms with van der Waals surface area (Å²) in [5.41, 5.74) is -0.809. The lowest BCUT2D eigenvalue weighted by molar-refractivity contribution is 0.0976. The summed E-state index contributed by atoms with van der Waals surface area (Å²) in [6, 6.07) is 8.34. The van der Waals surface area contributed by atoms with E-state index >= 15 is 0 Å². The lowest BCUT2D eigenvalue weighted by Gasteiger charge is -2.25. The third-order valence-corrected chi connectivity index (χ3v) is 3.42. The quantitative estimate of drug-likeness (QED) is 0.876. The zero-order valence-electron chi connectivity index (χ0n) is 10.5. The highest BCUT2D eigenvalue weighted by atomic mass is 35.5. The van der Waals surface area contributed by atoms with E-state index < -0.39 is 17.2 Å². The van der Waals surface area contributed by atoms with Crippen LogP contribution >= 0.6 is 11.6 Å². The van der Waals surface area contributed by atoms with Crippen LogP contribution in [-0.4, -0.2) is 5.11 Å². The fraction of sp³-hybridized carbons (Fsp3) is 0.200. The van der Waals surface area contributed by atoms with Gasteiger partial charge in [-0.15, -0.1) is 0 Å². The van der Waals surface area contributed by atoms with Crippen LogP contribution in [0.1, 0.15) is 23.6 Å². The maximum Gasteiger partial charge on any atom is 0.131 e. The molecule has 0 fully saturated rings. The average molecular weight is 283 g/mol. The molecular weight excluding hydrogens is 270 g/mol. The third kappa shape index (κ3) is 2.62. The molecular formula is C15H13ClF2O. The second-order valence-corrected chi connectivity index (χ2v) is 5.10. The van der Waals surface area contributed by atoms with Gasteiger partial charge < -0.3 is 5.11 Å². The van der Waals surface area contributed by atoms with Crippen molar-refractivity contribution in [3.63, 3.8) is 0 Å². The van der Waals surface area contributed by atoms with E-state index in [0.717, 1.165) is 6.07 Å². The molecule has 0 spiro atoms. The minimum atomic E-state index is -1.62. The molecule has 0 amide bonds. The Morgan fingerprint density at radius 2 is 1.74 bits per heavy atom. The summed E-state index contributed by atoms with van der Waals surface area (Å²) in [4.78, 5) is 0. The van der Waals surface area contributed by atoms with E-state index in [1.54, 1.807) is 19.1 Å². The Balaban J connectivity index is 2.54. The van der Waals surface area contributed by atoms with E-state index in [0.29, 0.717) is 5.56 Å². The SMILES string of the molecule is Cc1ccc(C(C)(O)c2ccc(Cl)cc2F)cc1F. The van der Waals surface area contributed by atoms with Gasteiger partial charge in [0.1, 0.15) is 17.2 Å². The van der Waals surface area contributed by atoms with Gasteiger partial charge in [-0.05, 0) is 43.2 Å². The highest BCUT2D eigenvalue weighted by Crippen LogP contribution is 2.32. The molecule has 0 saturated heterocycles. The van der Waals surface area contributed by atoms with Crippen molar-refractivity contribution in [3.05, 3.63) is 69.7 Å². The third-order valence-electron chi connectivity index (χ3n) is 3.19. The molecule has 2 aromatic carbocycles. The molecule has 0 radical (unpaired) electrons. The molecule has 1 N–H and O–H groups in total. The van der Waals surface area contributed by atoms with Crippen molar-refractivity contribution in [2.24, 2.45) is 0 Å². The zero-order chi connectivity index (χ0) is 14.2. The first-order chi connectivity index (χ1) is 8.82. The first-order valence-electron chi connectivity index (χ1n) is 5.77. The summed E-state index contributed by atoms with van der Waals surface area (Å²) in [7, 11) is 0. The number of benzene rings is 2. The van der Waals surface area contributed by atoms with Crippen molar-refractivity contribution in [1.29, 1.82) is 0 Å². The van der Waals surface area contributed by atoms with Gasteiger partial charge >= 0.3 is 0 Å². The topological polar surface area (TPSA) is 20.2 Å². The molecule has 0 saturated carbocycles. The largest absolute Gasteiger partial charge is 0.381 e. The van der Waals surface area contributed by atoms with Crippen LogP contribution < -0.4 is 0 Å². The van der Waals surface area contributed by atoms with Crippen molar-refractivity contribution < 1.29 is 13.9 Å². The van der Waals surface area contributed by atoms with Crippen LogP contribution in [0, 0.1) is 18.6 Å². The summed E-state index contributed by atoms with van der Waals surface area (Å²) < 4.78 is 27.4. The highest BCUT2D eigenvalue weighted by Gasteiger charge is 2.29. The van der Waals surface area contributed by atoms with Crippen molar-refractivity contribution in [2.75, 3.05) is 0 Å². The molecule has 0 aliphatic heterocycles. The van der Waals surface area contributed by atoms with Crippen LogP contribution in [0.2, 0.25) is 5.02 Å². The van der Waals surface area contributed by atoms with E-state index in [9.17, 15) is 13.9 Å². The Kier molecular flexibility index (Phi) is 3.61. The number of hydrogen-bond acceptors (Lipinski definition) is 1. The Labute approximate surface area is 115 Å². The molecule has 100 valence electrons. The lowest BCUT2D eigenvalue weighted by Crippen LogP contribution is -2.24. The minimum absolute atomic E-state index is 0.0557. The van der Waals surface area contributed by atoms with Gasteiger partial charge in [0, 0.05) is 10.6 Å². The second kappa shape index (κ2) is 4.91. The van der Waals surface area contributed by atoms with Gasteiger partial charge in [0.25, 0.3) is 0 Å². The molecule has 0 aliphatic rings. The van der Waals surface area contributed by atoms with Crippen LogP contribution in [0.3, 0.4) is 0 Å². The number of halogens is 3. The molecule has 1 unspecified atom stereocenters. The van der Waals surface area contributed by atoms with E-state index in [4.69, 9.17) is 11.6 Å². The Hall–Kier alpha value is -1.45. The maximum absolute atomic E-state index is 13.9. The van der Waals surface area contributed by atoms with Crippen LogP contribution in [0.5, 0.6) is 0 Å².